The summed E-state index contributed by atoms with van der Waals surface area (Å²) in [5.74, 6) is -0.0370. The second kappa shape index (κ2) is 9.37. The topological polar surface area (TPSA) is 71.3 Å². The van der Waals surface area contributed by atoms with Crippen LogP contribution in [0.4, 0.5) is 0 Å². The first-order valence-electron chi connectivity index (χ1n) is 9.32. The number of furan rings is 1. The van der Waals surface area contributed by atoms with Crippen LogP contribution < -0.4 is 10.6 Å². The number of carbonyl (C=O) groups is 2. The molecule has 28 heavy (non-hydrogen) atoms. The molecule has 0 fully saturated rings. The zero-order valence-electron chi connectivity index (χ0n) is 16.0. The minimum atomic E-state index is -0.321. The smallest absolute Gasteiger partial charge is 0.255 e. The van der Waals surface area contributed by atoms with Gasteiger partial charge in [0.05, 0.1) is 24.4 Å². The molecular weight excluding hydrogens is 372 g/mol. The van der Waals surface area contributed by atoms with Crippen molar-refractivity contribution in [2.75, 3.05) is 6.54 Å². The Hall–Kier alpha value is -2.86. The van der Waals surface area contributed by atoms with Gasteiger partial charge in [0.1, 0.15) is 5.76 Å². The zero-order valence-corrected chi connectivity index (χ0v) is 16.8. The van der Waals surface area contributed by atoms with Crippen molar-refractivity contribution in [2.24, 2.45) is 0 Å². The molecule has 2 heterocycles. The molecule has 0 saturated heterocycles. The SMILES string of the molecule is CCCc1ccc(C(NC(=O)CNC(=O)c2ccoc2C)c2cccs2)cc1. The Morgan fingerprint density at radius 3 is 2.54 bits per heavy atom. The number of carbonyl (C=O) groups excluding carboxylic acids is 2. The lowest BCUT2D eigenvalue weighted by Crippen LogP contribution is -2.38. The molecule has 146 valence electrons. The Kier molecular flexibility index (Phi) is 6.66. The van der Waals surface area contributed by atoms with E-state index in [1.54, 1.807) is 24.3 Å². The monoisotopic (exact) mass is 396 g/mol. The van der Waals surface area contributed by atoms with Crippen molar-refractivity contribution in [3.8, 4) is 0 Å². The van der Waals surface area contributed by atoms with Crippen molar-refractivity contribution >= 4 is 23.2 Å². The van der Waals surface area contributed by atoms with Crippen LogP contribution in [-0.2, 0) is 11.2 Å². The Morgan fingerprint density at radius 2 is 1.93 bits per heavy atom. The maximum atomic E-state index is 12.5. The van der Waals surface area contributed by atoms with E-state index in [-0.39, 0.29) is 24.4 Å². The summed E-state index contributed by atoms with van der Waals surface area (Å²) in [6.07, 6.45) is 3.59. The van der Waals surface area contributed by atoms with Gasteiger partial charge in [-0.05, 0) is 42.0 Å². The van der Waals surface area contributed by atoms with Crippen LogP contribution in [0.3, 0.4) is 0 Å². The Bertz CT molecular complexity index is 914. The third kappa shape index (κ3) is 4.89. The van der Waals surface area contributed by atoms with E-state index in [1.165, 1.54) is 11.8 Å². The molecule has 3 rings (SSSR count). The molecule has 0 spiro atoms. The molecule has 0 bridgehead atoms. The molecule has 2 aromatic heterocycles. The summed E-state index contributed by atoms with van der Waals surface area (Å²) in [5.41, 5.74) is 2.74. The van der Waals surface area contributed by atoms with Crippen LogP contribution in [0.2, 0.25) is 0 Å². The molecule has 0 aliphatic carbocycles. The first kappa shape index (κ1) is 19.9. The van der Waals surface area contributed by atoms with Gasteiger partial charge in [-0.25, -0.2) is 0 Å². The van der Waals surface area contributed by atoms with E-state index < -0.39 is 0 Å². The maximum absolute atomic E-state index is 12.5. The van der Waals surface area contributed by atoms with Crippen molar-refractivity contribution in [1.82, 2.24) is 10.6 Å². The lowest BCUT2D eigenvalue weighted by atomic mass is 10.0. The molecule has 0 aliphatic rings. The first-order chi connectivity index (χ1) is 13.6. The quantitative estimate of drug-likeness (QED) is 0.598. The highest BCUT2D eigenvalue weighted by atomic mass is 32.1. The average molecular weight is 397 g/mol. The van der Waals surface area contributed by atoms with Crippen LogP contribution in [0.5, 0.6) is 0 Å². The number of aryl methyl sites for hydroxylation is 2. The highest BCUT2D eigenvalue weighted by Gasteiger charge is 2.19. The molecule has 0 aliphatic heterocycles. The number of hydrogen-bond acceptors (Lipinski definition) is 4. The Balaban J connectivity index is 1.67. The van der Waals surface area contributed by atoms with E-state index in [0.29, 0.717) is 11.3 Å². The van der Waals surface area contributed by atoms with Gasteiger partial charge in [-0.3, -0.25) is 9.59 Å². The first-order valence-corrected chi connectivity index (χ1v) is 10.2. The van der Waals surface area contributed by atoms with Gasteiger partial charge in [-0.15, -0.1) is 11.3 Å². The number of nitrogens with one attached hydrogen (secondary N) is 2. The van der Waals surface area contributed by atoms with Gasteiger partial charge in [0.15, 0.2) is 0 Å². The molecule has 6 heteroatoms. The van der Waals surface area contributed by atoms with E-state index in [4.69, 9.17) is 4.42 Å². The second-order valence-corrected chi connectivity index (χ2v) is 7.56. The summed E-state index contributed by atoms with van der Waals surface area (Å²) in [5, 5.41) is 7.67. The van der Waals surface area contributed by atoms with Gasteiger partial charge in [-0.2, -0.15) is 0 Å². The van der Waals surface area contributed by atoms with Gasteiger partial charge < -0.3 is 15.1 Å². The molecule has 0 radical (unpaired) electrons. The number of amides is 2. The number of thiophene rings is 1. The molecule has 0 saturated carbocycles. The fraction of sp³-hybridized carbons (Fsp3) is 0.273. The van der Waals surface area contributed by atoms with Gasteiger partial charge in [-0.1, -0.05) is 43.7 Å². The largest absolute Gasteiger partial charge is 0.469 e. The fourth-order valence-corrected chi connectivity index (χ4v) is 3.83. The third-order valence-corrected chi connectivity index (χ3v) is 5.43. The van der Waals surface area contributed by atoms with Crippen LogP contribution in [0.15, 0.2) is 58.5 Å². The number of hydrogen-bond donors (Lipinski definition) is 2. The van der Waals surface area contributed by atoms with Gasteiger partial charge in [0.25, 0.3) is 5.91 Å². The van der Waals surface area contributed by atoms with Crippen LogP contribution in [0, 0.1) is 6.92 Å². The van der Waals surface area contributed by atoms with E-state index >= 15 is 0 Å². The van der Waals surface area contributed by atoms with Crippen LogP contribution in [-0.4, -0.2) is 18.4 Å². The van der Waals surface area contributed by atoms with Crippen molar-refractivity contribution in [3.05, 3.63) is 81.4 Å². The summed E-state index contributed by atoms with van der Waals surface area (Å²) >= 11 is 1.59. The minimum absolute atomic E-state index is 0.0980. The molecule has 2 N–H and O–H groups in total. The van der Waals surface area contributed by atoms with E-state index in [2.05, 4.69) is 41.8 Å². The summed E-state index contributed by atoms with van der Waals surface area (Å²) < 4.78 is 5.13. The lowest BCUT2D eigenvalue weighted by molar-refractivity contribution is -0.120. The highest BCUT2D eigenvalue weighted by molar-refractivity contribution is 7.10. The molecule has 3 aromatic rings. The van der Waals surface area contributed by atoms with Crippen molar-refractivity contribution in [1.29, 1.82) is 0 Å². The molecule has 2 amide bonds. The van der Waals surface area contributed by atoms with Crippen molar-refractivity contribution < 1.29 is 14.0 Å². The predicted octanol–water partition coefficient (Wildman–Crippen LogP) is 4.24. The van der Waals surface area contributed by atoms with Crippen LogP contribution in [0.25, 0.3) is 0 Å². The van der Waals surface area contributed by atoms with Crippen molar-refractivity contribution in [3.63, 3.8) is 0 Å². The van der Waals surface area contributed by atoms with Crippen LogP contribution >= 0.6 is 11.3 Å². The standard InChI is InChI=1S/C22H24N2O3S/c1-3-5-16-7-9-17(10-8-16)21(19-6-4-13-28-19)24-20(25)14-23-22(26)18-11-12-27-15(18)2/h4,6-13,21H,3,5,14H2,1-2H3,(H,23,26)(H,24,25). The summed E-state index contributed by atoms with van der Waals surface area (Å²) in [4.78, 5) is 25.7. The normalized spacial score (nSPS) is 11.8. The fourth-order valence-electron chi connectivity index (χ4n) is 3.03. The van der Waals surface area contributed by atoms with Crippen LogP contribution in [0.1, 0.15) is 51.5 Å². The molecule has 5 nitrogen and oxygen atoms in total. The minimum Gasteiger partial charge on any atom is -0.469 e. The van der Waals surface area contributed by atoms with Gasteiger partial charge >= 0.3 is 0 Å². The third-order valence-electron chi connectivity index (χ3n) is 4.50. The lowest BCUT2D eigenvalue weighted by Gasteiger charge is -2.19. The van der Waals surface area contributed by atoms with Gasteiger partial charge in [0.2, 0.25) is 5.91 Å². The molecule has 1 unspecified atom stereocenters. The summed E-state index contributed by atoms with van der Waals surface area (Å²) in [6, 6.07) is 13.7. The van der Waals surface area contributed by atoms with E-state index in [9.17, 15) is 9.59 Å². The van der Waals surface area contributed by atoms with E-state index in [1.807, 2.05) is 17.5 Å². The number of rotatable bonds is 8. The Morgan fingerprint density at radius 1 is 1.14 bits per heavy atom. The molecule has 1 atom stereocenters. The van der Waals surface area contributed by atoms with E-state index in [0.717, 1.165) is 23.3 Å². The highest BCUT2D eigenvalue weighted by Crippen LogP contribution is 2.26. The zero-order chi connectivity index (χ0) is 19.9. The Labute approximate surface area is 168 Å². The number of benzene rings is 1. The van der Waals surface area contributed by atoms with Crippen molar-refractivity contribution in [2.45, 2.75) is 32.7 Å². The summed E-state index contributed by atoms with van der Waals surface area (Å²) in [7, 11) is 0. The average Bonchev–Trinajstić information content (AvgIpc) is 3.37. The molecule has 1 aromatic carbocycles. The predicted molar refractivity (Wildman–Crippen MR) is 111 cm³/mol. The maximum Gasteiger partial charge on any atom is 0.255 e. The summed E-state index contributed by atoms with van der Waals surface area (Å²) in [6.45, 7) is 3.77. The molecular formula is C22H24N2O3S. The second-order valence-electron chi connectivity index (χ2n) is 6.58. The van der Waals surface area contributed by atoms with Gasteiger partial charge in [0, 0.05) is 4.88 Å².